The van der Waals surface area contributed by atoms with Gasteiger partial charge in [0, 0.05) is 42.3 Å². The molecule has 1 aromatic heterocycles. The van der Waals surface area contributed by atoms with Crippen LogP contribution in [0.4, 0.5) is 10.5 Å². The summed E-state index contributed by atoms with van der Waals surface area (Å²) in [6.45, 7) is 2.82. The van der Waals surface area contributed by atoms with Crippen LogP contribution in [0.2, 0.25) is 0 Å². The Morgan fingerprint density at radius 3 is 2.83 bits per heavy atom. The van der Waals surface area contributed by atoms with Crippen LogP contribution in [-0.2, 0) is 16.8 Å². The molecule has 3 aromatic rings. The first kappa shape index (κ1) is 18.5. The molecule has 0 saturated carbocycles. The lowest BCUT2D eigenvalue weighted by Gasteiger charge is -2.43. The van der Waals surface area contributed by atoms with E-state index in [2.05, 4.69) is 10.3 Å². The van der Waals surface area contributed by atoms with Crippen molar-refractivity contribution < 1.29 is 14.3 Å². The van der Waals surface area contributed by atoms with Gasteiger partial charge in [0.2, 0.25) is 0 Å². The molecule has 5 rings (SSSR count). The lowest BCUT2D eigenvalue weighted by atomic mass is 9.80. The Kier molecular flexibility index (Phi) is 4.03. The number of para-hydroxylation sites is 1. The van der Waals surface area contributed by atoms with Crippen molar-refractivity contribution in [3.8, 4) is 5.75 Å². The first-order valence-electron chi connectivity index (χ1n) is 10.2. The number of benzene rings is 2. The number of H-pyrrole nitrogens is 1. The maximum Gasteiger partial charge on any atom is 0.318 e. The van der Waals surface area contributed by atoms with Gasteiger partial charge in [-0.1, -0.05) is 18.2 Å². The van der Waals surface area contributed by atoms with E-state index >= 15 is 0 Å². The molecule has 2 aliphatic rings. The van der Waals surface area contributed by atoms with Crippen LogP contribution in [0.25, 0.3) is 10.9 Å². The minimum absolute atomic E-state index is 0.130. The normalized spacial score (nSPS) is 19.9. The van der Waals surface area contributed by atoms with E-state index in [9.17, 15) is 9.59 Å². The standard InChI is InChI=1S/C23H24N4O3/c1-4-24-22(29)27-12-11-15-16-13-14(30-3)9-10-18(16)25-20(15)23(27)17-7-5-6-8-19(17)26(2)21(23)28/h5-10,13,25H,4,11-12H2,1-3H3,(H,24,29). The molecule has 1 unspecified atom stereocenters. The largest absolute Gasteiger partial charge is 0.497 e. The lowest BCUT2D eigenvalue weighted by Crippen LogP contribution is -2.61. The molecule has 7 heteroatoms. The zero-order chi connectivity index (χ0) is 21.0. The zero-order valence-electron chi connectivity index (χ0n) is 17.3. The summed E-state index contributed by atoms with van der Waals surface area (Å²) in [6.07, 6.45) is 0.653. The Morgan fingerprint density at radius 1 is 1.27 bits per heavy atom. The number of urea groups is 1. The lowest BCUT2D eigenvalue weighted by molar-refractivity contribution is -0.126. The van der Waals surface area contributed by atoms with E-state index in [4.69, 9.17) is 4.74 Å². The van der Waals surface area contributed by atoms with Gasteiger partial charge >= 0.3 is 6.03 Å². The second kappa shape index (κ2) is 6.52. The van der Waals surface area contributed by atoms with Gasteiger partial charge in [0.15, 0.2) is 5.54 Å². The number of amides is 3. The van der Waals surface area contributed by atoms with Gasteiger partial charge in [0.1, 0.15) is 5.75 Å². The summed E-state index contributed by atoms with van der Waals surface area (Å²) in [5, 5.41) is 3.92. The van der Waals surface area contributed by atoms with Crippen LogP contribution in [0.3, 0.4) is 0 Å². The molecule has 3 heterocycles. The summed E-state index contributed by atoms with van der Waals surface area (Å²) in [5.41, 5.74) is 3.18. The molecule has 1 spiro atoms. The number of methoxy groups -OCH3 is 1. The second-order valence-electron chi connectivity index (χ2n) is 7.72. The second-order valence-corrected chi connectivity index (χ2v) is 7.72. The molecular weight excluding hydrogens is 380 g/mol. The zero-order valence-corrected chi connectivity index (χ0v) is 17.3. The first-order valence-corrected chi connectivity index (χ1v) is 10.2. The number of nitrogens with zero attached hydrogens (tertiary/aromatic N) is 2. The molecule has 2 aromatic carbocycles. The highest BCUT2D eigenvalue weighted by atomic mass is 16.5. The van der Waals surface area contributed by atoms with Crippen LogP contribution in [0.1, 0.15) is 23.7 Å². The summed E-state index contributed by atoms with van der Waals surface area (Å²) in [5.74, 6) is 0.634. The highest BCUT2D eigenvalue weighted by Crippen LogP contribution is 2.51. The third kappa shape index (κ3) is 2.20. The van der Waals surface area contributed by atoms with E-state index < -0.39 is 5.54 Å². The summed E-state index contributed by atoms with van der Waals surface area (Å²) in [7, 11) is 3.41. The highest BCUT2D eigenvalue weighted by molar-refractivity contribution is 6.12. The molecule has 1 atom stereocenters. The maximum atomic E-state index is 13.9. The first-order chi connectivity index (χ1) is 14.5. The molecular formula is C23H24N4O3. The highest BCUT2D eigenvalue weighted by Gasteiger charge is 2.60. The van der Waals surface area contributed by atoms with Crippen LogP contribution in [0.15, 0.2) is 42.5 Å². The minimum atomic E-state index is -1.22. The molecule has 2 aliphatic heterocycles. The van der Waals surface area contributed by atoms with Crippen LogP contribution in [-0.4, -0.2) is 49.1 Å². The van der Waals surface area contributed by atoms with Crippen molar-refractivity contribution in [2.75, 3.05) is 32.1 Å². The topological polar surface area (TPSA) is 77.7 Å². The fraction of sp³-hybridized carbons (Fsp3) is 0.304. The van der Waals surface area contributed by atoms with Gasteiger partial charge in [-0.3, -0.25) is 4.79 Å². The number of aromatic nitrogens is 1. The number of carbonyl (C=O) groups is 2. The van der Waals surface area contributed by atoms with Crippen molar-refractivity contribution in [1.29, 1.82) is 0 Å². The Hall–Kier alpha value is -3.48. The van der Waals surface area contributed by atoms with Gasteiger partial charge in [-0.15, -0.1) is 0 Å². The third-order valence-electron chi connectivity index (χ3n) is 6.31. The van der Waals surface area contributed by atoms with E-state index in [0.29, 0.717) is 19.5 Å². The third-order valence-corrected chi connectivity index (χ3v) is 6.31. The van der Waals surface area contributed by atoms with Gasteiger partial charge in [0.25, 0.3) is 5.91 Å². The monoisotopic (exact) mass is 404 g/mol. The van der Waals surface area contributed by atoms with Crippen molar-refractivity contribution in [3.05, 3.63) is 59.3 Å². The van der Waals surface area contributed by atoms with Gasteiger partial charge in [-0.2, -0.15) is 0 Å². The summed E-state index contributed by atoms with van der Waals surface area (Å²) < 4.78 is 5.42. The Morgan fingerprint density at radius 2 is 2.07 bits per heavy atom. The van der Waals surface area contributed by atoms with E-state index in [-0.39, 0.29) is 11.9 Å². The van der Waals surface area contributed by atoms with Crippen LogP contribution >= 0.6 is 0 Å². The van der Waals surface area contributed by atoms with Gasteiger partial charge in [0.05, 0.1) is 12.8 Å². The average Bonchev–Trinajstić information content (AvgIpc) is 3.24. The molecule has 0 radical (unpaired) electrons. The predicted molar refractivity (Wildman–Crippen MR) is 115 cm³/mol. The summed E-state index contributed by atoms with van der Waals surface area (Å²) in [6, 6.07) is 13.3. The van der Waals surface area contributed by atoms with Crippen molar-refractivity contribution >= 4 is 28.5 Å². The van der Waals surface area contributed by atoms with Crippen LogP contribution in [0, 0.1) is 0 Å². The number of likely N-dealkylation sites (N-methyl/N-ethyl adjacent to an activating group) is 1. The van der Waals surface area contributed by atoms with Crippen molar-refractivity contribution in [3.63, 3.8) is 0 Å². The van der Waals surface area contributed by atoms with Crippen molar-refractivity contribution in [2.24, 2.45) is 0 Å². The molecule has 0 bridgehead atoms. The van der Waals surface area contributed by atoms with Crippen molar-refractivity contribution in [2.45, 2.75) is 18.9 Å². The number of rotatable bonds is 2. The maximum absolute atomic E-state index is 13.9. The van der Waals surface area contributed by atoms with E-state index in [1.807, 2.05) is 49.4 Å². The number of nitrogens with one attached hydrogen (secondary N) is 2. The van der Waals surface area contributed by atoms with E-state index in [1.165, 1.54) is 0 Å². The number of ether oxygens (including phenoxy) is 1. The minimum Gasteiger partial charge on any atom is -0.497 e. The van der Waals surface area contributed by atoms with Crippen LogP contribution < -0.4 is 15.0 Å². The van der Waals surface area contributed by atoms with E-state index in [1.54, 1.807) is 24.0 Å². The van der Waals surface area contributed by atoms with Crippen molar-refractivity contribution in [1.82, 2.24) is 15.2 Å². The molecule has 2 N–H and O–H groups in total. The van der Waals surface area contributed by atoms with Gasteiger partial charge in [-0.05, 0) is 43.2 Å². The molecule has 3 amide bonds. The molecule has 7 nitrogen and oxygen atoms in total. The van der Waals surface area contributed by atoms with Gasteiger partial charge in [-0.25, -0.2) is 4.79 Å². The summed E-state index contributed by atoms with van der Waals surface area (Å²) >= 11 is 0. The number of hydrogen-bond donors (Lipinski definition) is 2. The fourth-order valence-electron chi connectivity index (χ4n) is 4.99. The average molecular weight is 404 g/mol. The smallest absolute Gasteiger partial charge is 0.318 e. The molecule has 0 fully saturated rings. The predicted octanol–water partition coefficient (Wildman–Crippen LogP) is 2.98. The number of anilines is 1. The number of fused-ring (bicyclic) bond motifs is 6. The Bertz CT molecular complexity index is 1180. The molecule has 30 heavy (non-hydrogen) atoms. The summed E-state index contributed by atoms with van der Waals surface area (Å²) in [4.78, 5) is 33.9. The SMILES string of the molecule is CCNC(=O)N1CCc2c([nH]c3ccc(OC)cc23)C12C(=O)N(C)c1ccccc12. The molecule has 0 saturated heterocycles. The van der Waals surface area contributed by atoms with Crippen LogP contribution in [0.5, 0.6) is 5.75 Å². The molecule has 154 valence electrons. The van der Waals surface area contributed by atoms with Gasteiger partial charge < -0.3 is 24.8 Å². The molecule has 0 aliphatic carbocycles. The number of hydrogen-bond acceptors (Lipinski definition) is 3. The number of aromatic amines is 1. The number of carbonyl (C=O) groups excluding carboxylic acids is 2. The fourth-order valence-corrected chi connectivity index (χ4v) is 4.99. The Balaban J connectivity index is 1.84. The quantitative estimate of drug-likeness (QED) is 0.689. The Labute approximate surface area is 174 Å². The van der Waals surface area contributed by atoms with E-state index in [0.717, 1.165) is 39.2 Å².